The average Bonchev–Trinajstić information content (AvgIpc) is 2.56. The van der Waals surface area contributed by atoms with Gasteiger partial charge in [-0.15, -0.1) is 0 Å². The highest BCUT2D eigenvalue weighted by Crippen LogP contribution is 2.66. The summed E-state index contributed by atoms with van der Waals surface area (Å²) in [4.78, 5) is 0. The van der Waals surface area contributed by atoms with E-state index in [1.807, 2.05) is 0 Å². The maximum absolute atomic E-state index is 10.1. The van der Waals surface area contributed by atoms with Crippen LogP contribution in [0.1, 0.15) is 60.8 Å². The molecule has 0 heterocycles. The van der Waals surface area contributed by atoms with E-state index >= 15 is 0 Å². The van der Waals surface area contributed by atoms with Gasteiger partial charge in [0.1, 0.15) is 0 Å². The fourth-order valence-electron chi connectivity index (χ4n) is 3.84. The highest BCUT2D eigenvalue weighted by atomic mass is 16.5. The van der Waals surface area contributed by atoms with Crippen LogP contribution in [0.5, 0.6) is 0 Å². The first-order valence-electron chi connectivity index (χ1n) is 7.39. The smallest absolute Gasteiger partial charge is 0.0821 e. The van der Waals surface area contributed by atoms with Crippen LogP contribution in [0.3, 0.4) is 0 Å². The van der Waals surface area contributed by atoms with E-state index in [4.69, 9.17) is 4.74 Å². The molecule has 2 heteroatoms. The van der Waals surface area contributed by atoms with Gasteiger partial charge in [-0.2, -0.15) is 0 Å². The quantitative estimate of drug-likeness (QED) is 0.833. The molecule has 2 fully saturated rings. The van der Waals surface area contributed by atoms with Crippen LogP contribution in [0.25, 0.3) is 0 Å². The van der Waals surface area contributed by atoms with Crippen molar-refractivity contribution in [3.8, 4) is 0 Å². The van der Waals surface area contributed by atoms with Crippen molar-refractivity contribution in [1.82, 2.24) is 0 Å². The van der Waals surface area contributed by atoms with Crippen molar-refractivity contribution in [1.29, 1.82) is 0 Å². The SMILES string of the molecule is CC(C)(C)C(O)COC1CC2CCC1(C)C2(C)C. The molecule has 0 spiro atoms. The van der Waals surface area contributed by atoms with Gasteiger partial charge < -0.3 is 9.84 Å². The van der Waals surface area contributed by atoms with Gasteiger partial charge in [-0.3, -0.25) is 0 Å². The Morgan fingerprint density at radius 2 is 1.89 bits per heavy atom. The van der Waals surface area contributed by atoms with Crippen molar-refractivity contribution in [2.24, 2.45) is 22.2 Å². The fourth-order valence-corrected chi connectivity index (χ4v) is 3.84. The van der Waals surface area contributed by atoms with Gasteiger partial charge in [0.15, 0.2) is 0 Å². The van der Waals surface area contributed by atoms with Crippen LogP contribution in [0.2, 0.25) is 0 Å². The normalized spacial score (nSPS) is 40.2. The van der Waals surface area contributed by atoms with Crippen LogP contribution in [0.4, 0.5) is 0 Å². The minimum atomic E-state index is -0.372. The van der Waals surface area contributed by atoms with Gasteiger partial charge in [0.2, 0.25) is 0 Å². The molecule has 0 aliphatic heterocycles. The maximum Gasteiger partial charge on any atom is 0.0821 e. The predicted molar refractivity (Wildman–Crippen MR) is 74.4 cm³/mol. The lowest BCUT2D eigenvalue weighted by atomic mass is 9.70. The molecule has 2 rings (SSSR count). The van der Waals surface area contributed by atoms with Crippen LogP contribution < -0.4 is 0 Å². The van der Waals surface area contributed by atoms with Crippen molar-refractivity contribution in [2.45, 2.75) is 73.0 Å². The van der Waals surface area contributed by atoms with Crippen LogP contribution in [0.15, 0.2) is 0 Å². The zero-order valence-electron chi connectivity index (χ0n) is 12.9. The molecule has 1 N–H and O–H groups in total. The highest BCUT2D eigenvalue weighted by Gasteiger charge is 2.61. The Balaban J connectivity index is 1.97. The predicted octanol–water partition coefficient (Wildman–Crippen LogP) is 3.62. The monoisotopic (exact) mass is 254 g/mol. The molecule has 4 atom stereocenters. The van der Waals surface area contributed by atoms with Crippen LogP contribution in [0, 0.1) is 22.2 Å². The lowest BCUT2D eigenvalue weighted by molar-refractivity contribution is -0.0952. The molecule has 0 saturated heterocycles. The molecule has 2 nitrogen and oxygen atoms in total. The van der Waals surface area contributed by atoms with Crippen LogP contribution in [-0.4, -0.2) is 23.9 Å². The van der Waals surface area contributed by atoms with Gasteiger partial charge in [0.25, 0.3) is 0 Å². The summed E-state index contributed by atoms with van der Waals surface area (Å²) in [7, 11) is 0. The molecule has 0 radical (unpaired) electrons. The van der Waals surface area contributed by atoms with E-state index in [0.717, 1.165) is 5.92 Å². The summed E-state index contributed by atoms with van der Waals surface area (Å²) in [6, 6.07) is 0. The highest BCUT2D eigenvalue weighted by molar-refractivity contribution is 5.11. The number of rotatable bonds is 3. The van der Waals surface area contributed by atoms with E-state index in [0.29, 0.717) is 23.5 Å². The fraction of sp³-hybridized carbons (Fsp3) is 1.00. The Labute approximate surface area is 112 Å². The largest absolute Gasteiger partial charge is 0.390 e. The number of hydrogen-bond acceptors (Lipinski definition) is 2. The molecule has 0 amide bonds. The number of hydrogen-bond donors (Lipinski definition) is 1. The lowest BCUT2D eigenvalue weighted by Crippen LogP contribution is -2.40. The van der Waals surface area contributed by atoms with E-state index in [-0.39, 0.29) is 11.5 Å². The Hall–Kier alpha value is -0.0800. The van der Waals surface area contributed by atoms with Crippen molar-refractivity contribution in [2.75, 3.05) is 6.61 Å². The Kier molecular flexibility index (Phi) is 3.35. The molecule has 18 heavy (non-hydrogen) atoms. The first-order valence-corrected chi connectivity index (χ1v) is 7.39. The van der Waals surface area contributed by atoms with Crippen molar-refractivity contribution in [3.63, 3.8) is 0 Å². The summed E-state index contributed by atoms with van der Waals surface area (Å²) in [5, 5.41) is 10.1. The van der Waals surface area contributed by atoms with Gasteiger partial charge >= 0.3 is 0 Å². The Bertz CT molecular complexity index is 316. The maximum atomic E-state index is 10.1. The van der Waals surface area contributed by atoms with Gasteiger partial charge in [-0.05, 0) is 41.4 Å². The molecule has 4 unspecified atom stereocenters. The van der Waals surface area contributed by atoms with Crippen molar-refractivity contribution < 1.29 is 9.84 Å². The zero-order chi connectivity index (χ0) is 13.8. The van der Waals surface area contributed by atoms with E-state index in [9.17, 15) is 5.11 Å². The average molecular weight is 254 g/mol. The van der Waals surface area contributed by atoms with Gasteiger partial charge in [0.05, 0.1) is 18.8 Å². The van der Waals surface area contributed by atoms with Crippen molar-refractivity contribution >= 4 is 0 Å². The molecule has 2 bridgehead atoms. The number of ether oxygens (including phenoxy) is 1. The molecule has 0 aromatic rings. The van der Waals surface area contributed by atoms with E-state index in [1.165, 1.54) is 19.3 Å². The molecular formula is C16H30O2. The number of fused-ring (bicyclic) bond motifs is 2. The second-order valence-corrected chi connectivity index (χ2v) is 8.31. The lowest BCUT2D eigenvalue weighted by Gasteiger charge is -2.39. The van der Waals surface area contributed by atoms with E-state index in [2.05, 4.69) is 41.5 Å². The zero-order valence-corrected chi connectivity index (χ0v) is 12.9. The summed E-state index contributed by atoms with van der Waals surface area (Å²) in [6.45, 7) is 13.8. The van der Waals surface area contributed by atoms with Gasteiger partial charge in [-0.1, -0.05) is 41.5 Å². The molecule has 2 aliphatic carbocycles. The standard InChI is InChI=1S/C16H30O2/c1-14(2,3)12(17)10-18-13-9-11-7-8-16(13,6)15(11,4)5/h11-13,17H,7-10H2,1-6H3. The number of aliphatic hydroxyl groups excluding tert-OH is 1. The molecular weight excluding hydrogens is 224 g/mol. The van der Waals surface area contributed by atoms with Gasteiger partial charge in [-0.25, -0.2) is 0 Å². The first-order chi connectivity index (χ1) is 8.09. The Morgan fingerprint density at radius 3 is 2.28 bits per heavy atom. The summed E-state index contributed by atoms with van der Waals surface area (Å²) in [5.74, 6) is 0.805. The topological polar surface area (TPSA) is 29.5 Å². The molecule has 106 valence electrons. The third-order valence-electron chi connectivity index (χ3n) is 6.17. The molecule has 2 saturated carbocycles. The minimum absolute atomic E-state index is 0.0892. The van der Waals surface area contributed by atoms with Gasteiger partial charge in [0, 0.05) is 0 Å². The third-order valence-corrected chi connectivity index (χ3v) is 6.17. The molecule has 2 aliphatic rings. The van der Waals surface area contributed by atoms with E-state index < -0.39 is 0 Å². The summed E-state index contributed by atoms with van der Waals surface area (Å²) in [6.07, 6.45) is 3.78. The minimum Gasteiger partial charge on any atom is -0.390 e. The molecule has 0 aromatic heterocycles. The number of aliphatic hydroxyl groups is 1. The van der Waals surface area contributed by atoms with E-state index in [1.54, 1.807) is 0 Å². The summed E-state index contributed by atoms with van der Waals surface area (Å²) in [5.41, 5.74) is 0.605. The Morgan fingerprint density at radius 1 is 1.28 bits per heavy atom. The summed E-state index contributed by atoms with van der Waals surface area (Å²) < 4.78 is 6.11. The second-order valence-electron chi connectivity index (χ2n) is 8.31. The van der Waals surface area contributed by atoms with Crippen LogP contribution in [-0.2, 0) is 4.74 Å². The first kappa shape index (κ1) is 14.3. The van der Waals surface area contributed by atoms with Crippen molar-refractivity contribution in [3.05, 3.63) is 0 Å². The second kappa shape index (κ2) is 4.21. The molecule has 0 aromatic carbocycles. The van der Waals surface area contributed by atoms with Crippen LogP contribution >= 0.6 is 0 Å². The third kappa shape index (κ3) is 2.02. The summed E-state index contributed by atoms with van der Waals surface area (Å²) >= 11 is 0.